The molecule has 1 amide bonds. The Balaban J connectivity index is 1.78. The first kappa shape index (κ1) is 23.7. The molecule has 4 heteroatoms. The van der Waals surface area contributed by atoms with Crippen molar-refractivity contribution in [1.82, 2.24) is 5.32 Å². The molecule has 4 nitrogen and oxygen atoms in total. The third-order valence-corrected chi connectivity index (χ3v) is 5.18. The Morgan fingerprint density at radius 2 is 1.48 bits per heavy atom. The van der Waals surface area contributed by atoms with Gasteiger partial charge in [-0.1, -0.05) is 70.4 Å². The lowest BCUT2D eigenvalue weighted by Gasteiger charge is -2.09. The first-order valence-electron chi connectivity index (χ1n) is 11.3. The maximum Gasteiger partial charge on any atom is 0.328 e. The molecule has 1 N–H and O–H groups in total. The van der Waals surface area contributed by atoms with Crippen molar-refractivity contribution < 1.29 is 14.3 Å². The van der Waals surface area contributed by atoms with Crippen molar-refractivity contribution in [2.75, 3.05) is 6.61 Å². The number of amides is 1. The zero-order valence-corrected chi connectivity index (χ0v) is 17.5. The standard InChI is InChI=1S/C23H41NO3/c1-2-3-4-5-6-7-8-9-10-11-12-13-14-15-16-17-20-27-23(26)21-18-19-22(25)24-21/h12-13,21H,2-11,14-20H2,1H3,(H,24,25)/b13-12+/t21-/m0/s1. The highest BCUT2D eigenvalue weighted by atomic mass is 16.5. The molecule has 1 saturated heterocycles. The molecule has 0 saturated carbocycles. The summed E-state index contributed by atoms with van der Waals surface area (Å²) in [5, 5.41) is 2.64. The molecule has 0 aliphatic carbocycles. The number of ether oxygens (including phenoxy) is 1. The van der Waals surface area contributed by atoms with Gasteiger partial charge in [-0.25, -0.2) is 4.79 Å². The molecule has 0 bridgehead atoms. The Bertz CT molecular complexity index is 420. The van der Waals surface area contributed by atoms with Gasteiger partial charge < -0.3 is 10.1 Å². The molecular weight excluding hydrogens is 338 g/mol. The minimum atomic E-state index is -0.415. The first-order valence-corrected chi connectivity index (χ1v) is 11.3. The minimum Gasteiger partial charge on any atom is -0.464 e. The van der Waals surface area contributed by atoms with Gasteiger partial charge in [-0.05, 0) is 44.9 Å². The summed E-state index contributed by atoms with van der Waals surface area (Å²) in [5.41, 5.74) is 0. The summed E-state index contributed by atoms with van der Waals surface area (Å²) in [4.78, 5) is 22.8. The van der Waals surface area contributed by atoms with E-state index in [0.29, 0.717) is 19.4 Å². The van der Waals surface area contributed by atoms with Crippen molar-refractivity contribution in [2.24, 2.45) is 0 Å². The summed E-state index contributed by atoms with van der Waals surface area (Å²) in [6.45, 7) is 2.73. The lowest BCUT2D eigenvalue weighted by molar-refractivity contribution is -0.146. The fourth-order valence-corrected chi connectivity index (χ4v) is 3.41. The van der Waals surface area contributed by atoms with E-state index in [1.54, 1.807) is 0 Å². The van der Waals surface area contributed by atoms with Gasteiger partial charge in [0.1, 0.15) is 6.04 Å². The van der Waals surface area contributed by atoms with Crippen molar-refractivity contribution in [3.8, 4) is 0 Å². The van der Waals surface area contributed by atoms with Crippen LogP contribution in [0.25, 0.3) is 0 Å². The average Bonchev–Trinajstić information content (AvgIpc) is 3.10. The van der Waals surface area contributed by atoms with Gasteiger partial charge in [0.2, 0.25) is 5.91 Å². The van der Waals surface area contributed by atoms with Crippen LogP contribution in [0.2, 0.25) is 0 Å². The second-order valence-corrected chi connectivity index (χ2v) is 7.76. The Morgan fingerprint density at radius 1 is 0.926 bits per heavy atom. The van der Waals surface area contributed by atoms with Gasteiger partial charge in [-0.15, -0.1) is 0 Å². The average molecular weight is 380 g/mol. The number of carbonyl (C=O) groups excluding carboxylic acids is 2. The Labute approximate surface area is 166 Å². The molecule has 0 radical (unpaired) electrons. The van der Waals surface area contributed by atoms with Gasteiger partial charge >= 0.3 is 5.97 Å². The van der Waals surface area contributed by atoms with E-state index in [9.17, 15) is 9.59 Å². The van der Waals surface area contributed by atoms with Crippen LogP contribution in [0, 0.1) is 0 Å². The van der Waals surface area contributed by atoms with E-state index in [-0.39, 0.29) is 11.9 Å². The van der Waals surface area contributed by atoms with Crippen molar-refractivity contribution in [3.63, 3.8) is 0 Å². The van der Waals surface area contributed by atoms with Crippen molar-refractivity contribution >= 4 is 11.9 Å². The topological polar surface area (TPSA) is 55.4 Å². The number of nitrogens with one attached hydrogen (secondary N) is 1. The fraction of sp³-hybridized carbons (Fsp3) is 0.826. The molecular formula is C23H41NO3. The SMILES string of the molecule is CCCCCCCCCCC/C=C/CCCCCOC(=O)[C@@H]1CCC(=O)N1. The molecule has 1 heterocycles. The number of unbranched alkanes of at least 4 members (excludes halogenated alkanes) is 12. The lowest BCUT2D eigenvalue weighted by atomic mass is 10.1. The van der Waals surface area contributed by atoms with Gasteiger partial charge in [0, 0.05) is 6.42 Å². The Hall–Kier alpha value is -1.32. The predicted octanol–water partition coefficient (Wildman–Crippen LogP) is 5.85. The molecule has 1 aliphatic heterocycles. The number of rotatable bonds is 17. The van der Waals surface area contributed by atoms with Gasteiger partial charge in [0.05, 0.1) is 6.61 Å². The van der Waals surface area contributed by atoms with E-state index in [0.717, 1.165) is 25.7 Å². The zero-order valence-electron chi connectivity index (χ0n) is 17.5. The lowest BCUT2D eigenvalue weighted by Crippen LogP contribution is -2.34. The van der Waals surface area contributed by atoms with Crippen molar-refractivity contribution in [3.05, 3.63) is 12.2 Å². The van der Waals surface area contributed by atoms with E-state index >= 15 is 0 Å². The van der Waals surface area contributed by atoms with Gasteiger partial charge in [-0.3, -0.25) is 4.79 Å². The summed E-state index contributed by atoms with van der Waals surface area (Å²) < 4.78 is 5.22. The maximum absolute atomic E-state index is 11.7. The molecule has 0 aromatic rings. The molecule has 0 aromatic carbocycles. The number of carbonyl (C=O) groups is 2. The monoisotopic (exact) mass is 379 g/mol. The fourth-order valence-electron chi connectivity index (χ4n) is 3.41. The molecule has 1 atom stereocenters. The number of hydrogen-bond donors (Lipinski definition) is 1. The normalized spacial score (nSPS) is 16.8. The third kappa shape index (κ3) is 13.5. The highest BCUT2D eigenvalue weighted by Crippen LogP contribution is 2.11. The van der Waals surface area contributed by atoms with Gasteiger partial charge in [-0.2, -0.15) is 0 Å². The minimum absolute atomic E-state index is 0.0499. The quantitative estimate of drug-likeness (QED) is 0.196. The second-order valence-electron chi connectivity index (χ2n) is 7.76. The van der Waals surface area contributed by atoms with Gasteiger partial charge in [0.15, 0.2) is 0 Å². The molecule has 27 heavy (non-hydrogen) atoms. The van der Waals surface area contributed by atoms with Crippen LogP contribution in [0.15, 0.2) is 12.2 Å². The van der Waals surface area contributed by atoms with Crippen LogP contribution in [0.4, 0.5) is 0 Å². The van der Waals surface area contributed by atoms with Crippen LogP contribution in [0.3, 0.4) is 0 Å². The van der Waals surface area contributed by atoms with Crippen LogP contribution in [0.1, 0.15) is 110 Å². The Kier molecular flexibility index (Phi) is 14.8. The molecule has 1 aliphatic rings. The van der Waals surface area contributed by atoms with E-state index in [4.69, 9.17) is 4.74 Å². The number of esters is 1. The smallest absolute Gasteiger partial charge is 0.328 e. The first-order chi connectivity index (χ1) is 13.2. The van der Waals surface area contributed by atoms with Gasteiger partial charge in [0.25, 0.3) is 0 Å². The number of allylic oxidation sites excluding steroid dienone is 2. The summed E-state index contributed by atoms with van der Waals surface area (Å²) in [5.74, 6) is -0.326. The highest BCUT2D eigenvalue weighted by Gasteiger charge is 2.28. The van der Waals surface area contributed by atoms with Crippen LogP contribution in [-0.4, -0.2) is 24.5 Å². The van der Waals surface area contributed by atoms with Crippen LogP contribution < -0.4 is 5.32 Å². The molecule has 156 valence electrons. The van der Waals surface area contributed by atoms with Crippen LogP contribution >= 0.6 is 0 Å². The summed E-state index contributed by atoms with van der Waals surface area (Å²) >= 11 is 0. The maximum atomic E-state index is 11.7. The molecule has 0 spiro atoms. The van der Waals surface area contributed by atoms with Crippen LogP contribution in [-0.2, 0) is 14.3 Å². The highest BCUT2D eigenvalue weighted by molar-refractivity contribution is 5.87. The van der Waals surface area contributed by atoms with Crippen molar-refractivity contribution in [1.29, 1.82) is 0 Å². The van der Waals surface area contributed by atoms with E-state index < -0.39 is 6.04 Å². The van der Waals surface area contributed by atoms with E-state index in [2.05, 4.69) is 24.4 Å². The molecule has 1 rings (SSSR count). The third-order valence-electron chi connectivity index (χ3n) is 5.18. The predicted molar refractivity (Wildman–Crippen MR) is 112 cm³/mol. The second kappa shape index (κ2) is 16.8. The molecule has 0 unspecified atom stereocenters. The molecule has 0 aromatic heterocycles. The van der Waals surface area contributed by atoms with Crippen LogP contribution in [0.5, 0.6) is 0 Å². The zero-order chi connectivity index (χ0) is 19.6. The summed E-state index contributed by atoms with van der Waals surface area (Å²) in [7, 11) is 0. The van der Waals surface area contributed by atoms with E-state index in [1.165, 1.54) is 64.2 Å². The number of hydrogen-bond acceptors (Lipinski definition) is 3. The van der Waals surface area contributed by atoms with E-state index in [1.807, 2.05) is 0 Å². The summed E-state index contributed by atoms with van der Waals surface area (Å²) in [6, 6.07) is -0.415. The largest absolute Gasteiger partial charge is 0.464 e. The summed E-state index contributed by atoms with van der Waals surface area (Å²) in [6.07, 6.45) is 23.5. The van der Waals surface area contributed by atoms with Crippen molar-refractivity contribution in [2.45, 2.75) is 116 Å². The molecule has 1 fully saturated rings. The Morgan fingerprint density at radius 3 is 2.04 bits per heavy atom.